The van der Waals surface area contributed by atoms with Crippen LogP contribution in [0, 0.1) is 5.21 Å². The molecule has 2 aliphatic heterocycles. The van der Waals surface area contributed by atoms with E-state index < -0.39 is 23.9 Å². The number of aliphatic imine (C=N–C) groups is 1. The molecule has 2 heterocycles. The Morgan fingerprint density at radius 2 is 1.97 bits per heavy atom. The molecule has 1 unspecified atom stereocenters. The van der Waals surface area contributed by atoms with Crippen LogP contribution in [0.25, 0.3) is 0 Å². The average molecular weight is 510 g/mol. The highest BCUT2D eigenvalue weighted by Crippen LogP contribution is 2.37. The number of hydrogen-bond donors (Lipinski definition) is 3. The van der Waals surface area contributed by atoms with Crippen LogP contribution in [0.2, 0.25) is 0 Å². The summed E-state index contributed by atoms with van der Waals surface area (Å²) >= 11 is 0. The van der Waals surface area contributed by atoms with Crippen LogP contribution in [0.15, 0.2) is 23.2 Å². The second-order valence-electron chi connectivity index (χ2n) is 10.0. The molecule has 4 rings (SSSR count). The number of hydroxylamine groups is 1. The van der Waals surface area contributed by atoms with Crippen molar-refractivity contribution in [2.75, 3.05) is 11.6 Å². The lowest BCUT2D eigenvalue weighted by atomic mass is 9.85. The quantitative estimate of drug-likeness (QED) is 0.544. The first-order valence-corrected chi connectivity index (χ1v) is 12.2. The predicted molar refractivity (Wildman–Crippen MR) is 129 cm³/mol. The van der Waals surface area contributed by atoms with E-state index in [0.717, 1.165) is 37.4 Å². The molecule has 3 aliphatic rings. The zero-order valence-electron chi connectivity index (χ0n) is 20.5. The third-order valence-corrected chi connectivity index (χ3v) is 6.98. The fourth-order valence-electron chi connectivity index (χ4n) is 5.50. The molecule has 2 fully saturated rings. The smallest absolute Gasteiger partial charge is 0.416 e. The number of nitrogens with zero attached hydrogens (tertiary/aromatic N) is 3. The van der Waals surface area contributed by atoms with Gasteiger partial charge in [0.15, 0.2) is 0 Å². The molecule has 0 radical (unpaired) electrons. The van der Waals surface area contributed by atoms with Crippen molar-refractivity contribution in [2.45, 2.75) is 89.0 Å². The van der Waals surface area contributed by atoms with Crippen molar-refractivity contribution >= 4 is 23.8 Å². The minimum Gasteiger partial charge on any atom is -0.753 e. The third-order valence-electron chi connectivity index (χ3n) is 6.98. The highest BCUT2D eigenvalue weighted by Gasteiger charge is 2.43. The number of carbonyl (C=O) groups excluding carboxylic acids is 2. The van der Waals surface area contributed by atoms with Crippen LogP contribution in [0.3, 0.4) is 0 Å². The van der Waals surface area contributed by atoms with Crippen LogP contribution in [0.4, 0.5) is 18.9 Å². The highest BCUT2D eigenvalue weighted by atomic mass is 19.4. The van der Waals surface area contributed by atoms with Crippen molar-refractivity contribution in [3.63, 3.8) is 0 Å². The lowest BCUT2D eigenvalue weighted by Gasteiger charge is -2.42. The molecule has 3 N–H and O–H groups in total. The Morgan fingerprint density at radius 3 is 2.64 bits per heavy atom. The van der Waals surface area contributed by atoms with Crippen LogP contribution < -0.4 is 21.0 Å². The molecular weight excluding hydrogens is 477 g/mol. The van der Waals surface area contributed by atoms with Gasteiger partial charge < -0.3 is 25.8 Å². The number of carbonyl (C=O) groups is 2. The van der Waals surface area contributed by atoms with Gasteiger partial charge in [0.25, 0.3) is 0 Å². The summed E-state index contributed by atoms with van der Waals surface area (Å²) in [6, 6.07) is 2.37. The molecule has 0 bridgehead atoms. The standard InChI is InChI=1S/C24H32F3N6O3/c1-13(2)29-16-5-7-21(19(11-16)30-14(3)34)32-9-8-18(23(32)35)31-22-17-10-15(24(25,26)27)4-6-20(17)33(36)12-28-22/h4,6,10,12-13,16,18-19,21-22,29,31H,5,7-9,11H2,1-3H3,(H,30,34)/q-1/t16-,18+,19-,21+,22?/m1/s1. The Kier molecular flexibility index (Phi) is 7.58. The van der Waals surface area contributed by atoms with E-state index in [1.807, 2.05) is 0 Å². The van der Waals surface area contributed by atoms with Gasteiger partial charge in [-0.2, -0.15) is 13.2 Å². The van der Waals surface area contributed by atoms with Crippen LogP contribution in [0.1, 0.15) is 63.7 Å². The molecule has 36 heavy (non-hydrogen) atoms. The van der Waals surface area contributed by atoms with Gasteiger partial charge in [0.2, 0.25) is 11.8 Å². The number of rotatable bonds is 6. The number of halogens is 3. The molecule has 1 aliphatic carbocycles. The first kappa shape index (κ1) is 26.4. The van der Waals surface area contributed by atoms with Gasteiger partial charge in [-0.3, -0.25) is 19.9 Å². The van der Waals surface area contributed by atoms with Gasteiger partial charge in [-0.25, -0.2) is 0 Å². The Hall–Kier alpha value is -2.70. The van der Waals surface area contributed by atoms with Crippen molar-refractivity contribution < 1.29 is 22.8 Å². The van der Waals surface area contributed by atoms with Gasteiger partial charge in [0.05, 0.1) is 30.0 Å². The maximum absolute atomic E-state index is 13.4. The number of anilines is 1. The Bertz CT molecular complexity index is 1020. The molecular formula is C24H32F3N6O3-. The third kappa shape index (κ3) is 5.65. The Balaban J connectivity index is 1.49. The lowest BCUT2D eigenvalue weighted by Crippen LogP contribution is -2.58. The number of likely N-dealkylation sites (tertiary alicyclic amines) is 1. The number of hydrogen-bond acceptors (Lipinski definition) is 7. The van der Waals surface area contributed by atoms with Gasteiger partial charge >= 0.3 is 6.18 Å². The van der Waals surface area contributed by atoms with Crippen LogP contribution in [-0.4, -0.2) is 59.8 Å². The van der Waals surface area contributed by atoms with Crippen LogP contribution in [-0.2, 0) is 15.8 Å². The van der Waals surface area contributed by atoms with Crippen LogP contribution >= 0.6 is 0 Å². The van der Waals surface area contributed by atoms with Gasteiger partial charge in [0, 0.05) is 36.8 Å². The molecule has 1 aromatic rings. The normalized spacial score (nSPS) is 28.6. The number of benzene rings is 1. The van der Waals surface area contributed by atoms with Gasteiger partial charge in [-0.15, -0.1) is 0 Å². The Morgan fingerprint density at radius 1 is 1.22 bits per heavy atom. The highest BCUT2D eigenvalue weighted by molar-refractivity contribution is 5.86. The fourth-order valence-corrected chi connectivity index (χ4v) is 5.50. The summed E-state index contributed by atoms with van der Waals surface area (Å²) in [7, 11) is 0. The summed E-state index contributed by atoms with van der Waals surface area (Å²) in [6.07, 6.45) is -1.81. The molecule has 1 saturated heterocycles. The van der Waals surface area contributed by atoms with Crippen molar-refractivity contribution in [2.24, 2.45) is 4.99 Å². The second kappa shape index (κ2) is 10.3. The van der Waals surface area contributed by atoms with E-state index in [1.165, 1.54) is 6.92 Å². The first-order valence-electron chi connectivity index (χ1n) is 12.2. The first-order chi connectivity index (χ1) is 16.9. The van der Waals surface area contributed by atoms with Crippen molar-refractivity contribution in [3.05, 3.63) is 34.5 Å². The van der Waals surface area contributed by atoms with E-state index in [2.05, 4.69) is 34.8 Å². The second-order valence-corrected chi connectivity index (χ2v) is 10.0. The summed E-state index contributed by atoms with van der Waals surface area (Å²) in [6.45, 7) is 6.05. The molecule has 12 heteroatoms. The van der Waals surface area contributed by atoms with E-state index in [0.29, 0.717) is 30.5 Å². The molecule has 2 amide bonds. The maximum Gasteiger partial charge on any atom is 0.416 e. The number of amides is 2. The van der Waals surface area contributed by atoms with Crippen molar-refractivity contribution in [1.29, 1.82) is 0 Å². The van der Waals surface area contributed by atoms with Gasteiger partial charge in [-0.1, -0.05) is 13.8 Å². The van der Waals surface area contributed by atoms with E-state index in [-0.39, 0.29) is 41.2 Å². The van der Waals surface area contributed by atoms with E-state index in [9.17, 15) is 28.0 Å². The summed E-state index contributed by atoms with van der Waals surface area (Å²) < 4.78 is 39.9. The maximum atomic E-state index is 13.4. The lowest BCUT2D eigenvalue weighted by molar-refractivity contribution is -0.137. The number of alkyl halides is 3. The van der Waals surface area contributed by atoms with E-state index in [1.54, 1.807) is 4.90 Å². The van der Waals surface area contributed by atoms with Crippen LogP contribution in [0.5, 0.6) is 0 Å². The van der Waals surface area contributed by atoms with E-state index >= 15 is 0 Å². The topological polar surface area (TPSA) is 112 Å². The molecule has 9 nitrogen and oxygen atoms in total. The molecule has 198 valence electrons. The van der Waals surface area contributed by atoms with Gasteiger partial charge in [0.1, 0.15) is 6.17 Å². The van der Waals surface area contributed by atoms with Gasteiger partial charge in [-0.05, 0) is 43.9 Å². The Labute approximate surface area is 208 Å². The summed E-state index contributed by atoms with van der Waals surface area (Å²) in [4.78, 5) is 31.1. The SMILES string of the molecule is CC(=O)N[C@@H]1C[C@H](NC(C)C)CC[C@@H]1N1CC[C@H](NC2N=CN([O-])c3ccc(C(F)(F)F)cc32)C1=O. The molecule has 1 saturated carbocycles. The monoisotopic (exact) mass is 509 g/mol. The number of fused-ring (bicyclic) bond motifs is 1. The summed E-state index contributed by atoms with van der Waals surface area (Å²) in [5, 5.41) is 22.1. The zero-order chi connectivity index (χ0) is 26.2. The molecule has 1 aromatic carbocycles. The van der Waals surface area contributed by atoms with E-state index in [4.69, 9.17) is 0 Å². The summed E-state index contributed by atoms with van der Waals surface area (Å²) in [5.41, 5.74) is -0.757. The summed E-state index contributed by atoms with van der Waals surface area (Å²) in [5.74, 6) is -0.341. The molecule has 0 aromatic heterocycles. The average Bonchev–Trinajstić information content (AvgIpc) is 3.14. The molecule has 5 atom stereocenters. The minimum absolute atomic E-state index is 0.0551. The molecule has 0 spiro atoms. The largest absolute Gasteiger partial charge is 0.753 e. The van der Waals surface area contributed by atoms with Crippen molar-refractivity contribution in [1.82, 2.24) is 20.9 Å². The predicted octanol–water partition coefficient (Wildman–Crippen LogP) is 2.66. The van der Waals surface area contributed by atoms with Crippen molar-refractivity contribution in [3.8, 4) is 0 Å². The zero-order valence-corrected chi connectivity index (χ0v) is 20.5. The minimum atomic E-state index is -4.57. The number of nitrogens with one attached hydrogen (secondary N) is 3. The fraction of sp³-hybridized carbons (Fsp3) is 0.625.